The minimum atomic E-state index is -0.674. The van der Waals surface area contributed by atoms with E-state index in [1.54, 1.807) is 0 Å². The summed E-state index contributed by atoms with van der Waals surface area (Å²) in [6, 6.07) is 14.1. The van der Waals surface area contributed by atoms with Crippen LogP contribution in [0.2, 0.25) is 0 Å². The van der Waals surface area contributed by atoms with Crippen molar-refractivity contribution in [1.29, 1.82) is 0 Å². The number of carbonyl (C=O) groups excluding carboxylic acids is 1. The number of nitrogens with zero attached hydrogens (tertiary/aromatic N) is 2. The number of anilines is 1. The van der Waals surface area contributed by atoms with Crippen molar-refractivity contribution in [2.45, 2.75) is 58.3 Å². The average Bonchev–Trinajstić information content (AvgIpc) is 2.99. The second-order valence-corrected chi connectivity index (χ2v) is 9.53. The van der Waals surface area contributed by atoms with Gasteiger partial charge < -0.3 is 5.32 Å². The molecule has 148 valence electrons. The van der Waals surface area contributed by atoms with Gasteiger partial charge in [-0.25, -0.2) is 9.97 Å². The predicted molar refractivity (Wildman–Crippen MR) is 116 cm³/mol. The quantitative estimate of drug-likeness (QED) is 0.658. The van der Waals surface area contributed by atoms with E-state index in [1.165, 1.54) is 11.1 Å². The fourth-order valence-electron chi connectivity index (χ4n) is 5.61. The number of amides is 1. The number of nitrogens with one attached hydrogen (secondary N) is 1. The molecule has 2 unspecified atom stereocenters. The molecule has 0 aliphatic heterocycles. The van der Waals surface area contributed by atoms with E-state index in [0.29, 0.717) is 0 Å². The van der Waals surface area contributed by atoms with Crippen molar-refractivity contribution in [3.63, 3.8) is 0 Å². The van der Waals surface area contributed by atoms with Crippen molar-refractivity contribution in [1.82, 2.24) is 9.97 Å². The Kier molecular flexibility index (Phi) is 3.57. The molecule has 1 heterocycles. The van der Waals surface area contributed by atoms with Crippen LogP contribution in [0.4, 0.5) is 5.69 Å². The van der Waals surface area contributed by atoms with Crippen LogP contribution >= 0.6 is 0 Å². The maximum Gasteiger partial charge on any atom is 0.237 e. The van der Waals surface area contributed by atoms with E-state index in [1.807, 2.05) is 36.4 Å². The molecule has 2 atom stereocenters. The molecule has 0 spiro atoms. The van der Waals surface area contributed by atoms with Crippen LogP contribution in [-0.2, 0) is 15.6 Å². The summed E-state index contributed by atoms with van der Waals surface area (Å²) in [5.41, 5.74) is 5.76. The van der Waals surface area contributed by atoms with Gasteiger partial charge in [0.25, 0.3) is 0 Å². The number of aryl methyl sites for hydroxylation is 2. The normalized spacial score (nSPS) is 26.5. The largest absolute Gasteiger partial charge is 0.325 e. The lowest BCUT2D eigenvalue weighted by molar-refractivity contribution is -0.125. The molecule has 1 aromatic heterocycles. The zero-order chi connectivity index (χ0) is 20.6. The Morgan fingerprint density at radius 2 is 1.55 bits per heavy atom. The molecule has 5 rings (SSSR count). The zero-order valence-corrected chi connectivity index (χ0v) is 17.8. The molecule has 29 heavy (non-hydrogen) atoms. The Morgan fingerprint density at radius 1 is 0.897 bits per heavy atom. The first-order chi connectivity index (χ1) is 13.7. The summed E-state index contributed by atoms with van der Waals surface area (Å²) in [7, 11) is 0. The van der Waals surface area contributed by atoms with Crippen molar-refractivity contribution < 1.29 is 4.79 Å². The molecule has 1 saturated carbocycles. The lowest BCUT2D eigenvalue weighted by atomic mass is 9.63. The molecule has 2 aliphatic rings. The zero-order valence-electron chi connectivity index (χ0n) is 17.8. The molecule has 1 N–H and O–H groups in total. The van der Waals surface area contributed by atoms with Crippen LogP contribution in [0, 0.1) is 19.3 Å². The van der Waals surface area contributed by atoms with Crippen LogP contribution in [0.15, 0.2) is 42.5 Å². The van der Waals surface area contributed by atoms with Crippen LogP contribution in [-0.4, -0.2) is 15.9 Å². The predicted octanol–water partition coefficient (Wildman–Crippen LogP) is 5.21. The summed E-state index contributed by atoms with van der Waals surface area (Å²) in [4.78, 5) is 23.9. The molecule has 4 nitrogen and oxygen atoms in total. The summed E-state index contributed by atoms with van der Waals surface area (Å²) < 4.78 is 0. The fourth-order valence-corrected chi connectivity index (χ4v) is 5.61. The van der Waals surface area contributed by atoms with Crippen molar-refractivity contribution in [3.05, 3.63) is 65.0 Å². The van der Waals surface area contributed by atoms with Crippen LogP contribution in [0.25, 0.3) is 11.0 Å². The van der Waals surface area contributed by atoms with Gasteiger partial charge in [-0.1, -0.05) is 39.0 Å². The maximum atomic E-state index is 13.9. The molecule has 0 saturated heterocycles. The Morgan fingerprint density at radius 3 is 2.21 bits per heavy atom. The van der Waals surface area contributed by atoms with Crippen LogP contribution in [0.5, 0.6) is 0 Å². The Bertz CT molecular complexity index is 1180. The number of fused-ring (bicyclic) bond motifs is 6. The number of hydrogen-bond acceptors (Lipinski definition) is 3. The molecule has 1 fully saturated rings. The van der Waals surface area contributed by atoms with Crippen molar-refractivity contribution in [3.8, 4) is 0 Å². The van der Waals surface area contributed by atoms with Gasteiger partial charge in [0.1, 0.15) is 0 Å². The molecule has 2 aliphatic carbocycles. The standard InChI is InChI=1S/C25H27N3O/c1-15-10-11-17(14-16(15)2)26-22(29)25-13-12-24(5,23(25,3)4)20-21(25)28-19-9-7-6-8-18(19)27-20/h6-11,14H,12-13H2,1-5H3,(H,26,29). The maximum absolute atomic E-state index is 13.9. The summed E-state index contributed by atoms with van der Waals surface area (Å²) in [5.74, 6) is 0.0396. The lowest BCUT2D eigenvalue weighted by Gasteiger charge is -2.39. The van der Waals surface area contributed by atoms with Gasteiger partial charge in [-0.15, -0.1) is 0 Å². The molecule has 2 aromatic carbocycles. The van der Waals surface area contributed by atoms with Crippen molar-refractivity contribution in [2.75, 3.05) is 5.32 Å². The Labute approximate surface area is 171 Å². The van der Waals surface area contributed by atoms with Gasteiger partial charge in [-0.2, -0.15) is 0 Å². The second kappa shape index (κ2) is 5.65. The second-order valence-electron chi connectivity index (χ2n) is 9.53. The first-order valence-electron chi connectivity index (χ1n) is 10.4. The van der Waals surface area contributed by atoms with E-state index >= 15 is 0 Å². The van der Waals surface area contributed by atoms with E-state index in [0.717, 1.165) is 41.0 Å². The first kappa shape index (κ1) is 18.3. The third kappa shape index (κ3) is 2.12. The fraction of sp³-hybridized carbons (Fsp3) is 0.400. The monoisotopic (exact) mass is 385 g/mol. The number of rotatable bonds is 2. The summed E-state index contributed by atoms with van der Waals surface area (Å²) >= 11 is 0. The van der Waals surface area contributed by atoms with Crippen LogP contribution in [0.3, 0.4) is 0 Å². The van der Waals surface area contributed by atoms with Gasteiger partial charge in [-0.3, -0.25) is 4.79 Å². The summed E-state index contributed by atoms with van der Waals surface area (Å²) in [6.45, 7) is 10.8. The first-order valence-corrected chi connectivity index (χ1v) is 10.4. The van der Waals surface area contributed by atoms with Gasteiger partial charge in [0.2, 0.25) is 5.91 Å². The Hall–Kier alpha value is -2.75. The number of benzene rings is 2. The average molecular weight is 386 g/mol. The summed E-state index contributed by atoms with van der Waals surface area (Å²) in [5, 5.41) is 3.23. The molecular weight excluding hydrogens is 358 g/mol. The molecule has 1 amide bonds. The van der Waals surface area contributed by atoms with Gasteiger partial charge in [0.05, 0.1) is 27.8 Å². The highest BCUT2D eigenvalue weighted by molar-refractivity contribution is 6.02. The SMILES string of the molecule is Cc1ccc(NC(=O)C23CCC(C)(c4nc5ccccc5nc42)C3(C)C)cc1C. The van der Waals surface area contributed by atoms with Gasteiger partial charge in [0, 0.05) is 11.1 Å². The highest BCUT2D eigenvalue weighted by Gasteiger charge is 2.73. The number of carbonyl (C=O) groups is 1. The van der Waals surface area contributed by atoms with E-state index in [4.69, 9.17) is 9.97 Å². The van der Waals surface area contributed by atoms with Gasteiger partial charge in [-0.05, 0) is 67.5 Å². The van der Waals surface area contributed by atoms with Gasteiger partial charge >= 0.3 is 0 Å². The molecule has 2 bridgehead atoms. The smallest absolute Gasteiger partial charge is 0.237 e. The third-order valence-corrected chi connectivity index (χ3v) is 8.10. The van der Waals surface area contributed by atoms with Crippen LogP contribution < -0.4 is 5.32 Å². The minimum absolute atomic E-state index is 0.0396. The van der Waals surface area contributed by atoms with Crippen LogP contribution in [0.1, 0.15) is 56.1 Å². The number of aromatic nitrogens is 2. The van der Waals surface area contributed by atoms with E-state index < -0.39 is 5.41 Å². The van der Waals surface area contributed by atoms with E-state index in [-0.39, 0.29) is 16.7 Å². The molecular formula is C25H27N3O. The highest BCUT2D eigenvalue weighted by Crippen LogP contribution is 2.70. The third-order valence-electron chi connectivity index (χ3n) is 8.10. The van der Waals surface area contributed by atoms with Crippen molar-refractivity contribution >= 4 is 22.6 Å². The van der Waals surface area contributed by atoms with Gasteiger partial charge in [0.15, 0.2) is 0 Å². The molecule has 3 aromatic rings. The Balaban J connectivity index is 1.68. The topological polar surface area (TPSA) is 54.9 Å². The number of hydrogen-bond donors (Lipinski definition) is 1. The molecule has 0 radical (unpaired) electrons. The lowest BCUT2D eigenvalue weighted by Crippen LogP contribution is -2.48. The number of para-hydroxylation sites is 2. The van der Waals surface area contributed by atoms with Crippen molar-refractivity contribution in [2.24, 2.45) is 5.41 Å². The minimum Gasteiger partial charge on any atom is -0.325 e. The van der Waals surface area contributed by atoms with E-state index in [9.17, 15) is 4.79 Å². The summed E-state index contributed by atoms with van der Waals surface area (Å²) in [6.07, 6.45) is 1.74. The van der Waals surface area contributed by atoms with E-state index in [2.05, 4.69) is 46.0 Å². The molecule has 4 heteroatoms. The highest BCUT2D eigenvalue weighted by atomic mass is 16.2.